The summed E-state index contributed by atoms with van der Waals surface area (Å²) in [5.74, 6) is -2.84. The van der Waals surface area contributed by atoms with Gasteiger partial charge in [-0.25, -0.2) is 0 Å². The average Bonchev–Trinajstić information content (AvgIpc) is 3.30. The molecule has 0 aliphatic carbocycles. The van der Waals surface area contributed by atoms with Crippen LogP contribution in [0.5, 0.6) is 0 Å². The number of morpholine rings is 1. The predicted molar refractivity (Wildman–Crippen MR) is 108 cm³/mol. The minimum Gasteiger partial charge on any atom is -0.382 e. The van der Waals surface area contributed by atoms with Crippen molar-refractivity contribution in [1.29, 1.82) is 0 Å². The number of carbonyl (C=O) groups excluding carboxylic acids is 1. The zero-order chi connectivity index (χ0) is 22.1. The fourth-order valence-corrected chi connectivity index (χ4v) is 3.38. The van der Waals surface area contributed by atoms with Crippen LogP contribution in [0.15, 0.2) is 42.5 Å². The van der Waals surface area contributed by atoms with E-state index in [4.69, 9.17) is 4.74 Å². The van der Waals surface area contributed by atoms with Crippen LogP contribution in [0, 0.1) is 0 Å². The van der Waals surface area contributed by atoms with E-state index in [9.17, 15) is 18.7 Å². The minimum atomic E-state index is -3.41. The Balaban J connectivity index is 1.41. The highest BCUT2D eigenvalue weighted by Crippen LogP contribution is 2.32. The van der Waals surface area contributed by atoms with Crippen molar-refractivity contribution in [2.45, 2.75) is 50.2 Å². The van der Waals surface area contributed by atoms with Crippen LogP contribution in [0.1, 0.15) is 37.1 Å². The summed E-state index contributed by atoms with van der Waals surface area (Å²) in [7, 11) is 0. The van der Waals surface area contributed by atoms with Gasteiger partial charge in [0, 0.05) is 18.5 Å². The number of rotatable bonds is 11. The van der Waals surface area contributed by atoms with E-state index in [1.165, 1.54) is 30.3 Å². The number of nitrogens with one attached hydrogen (secondary N) is 1. The van der Waals surface area contributed by atoms with E-state index in [-0.39, 0.29) is 24.6 Å². The van der Waals surface area contributed by atoms with Gasteiger partial charge in [-0.05, 0) is 12.8 Å². The van der Waals surface area contributed by atoms with Crippen molar-refractivity contribution in [2.75, 3.05) is 19.7 Å². The molecule has 2 heterocycles. The first-order valence-electron chi connectivity index (χ1n) is 10.4. The molecule has 0 bridgehead atoms. The van der Waals surface area contributed by atoms with E-state index in [1.807, 2.05) is 0 Å². The molecule has 2 aromatic rings. The number of aryl methyl sites for hydroxylation is 1. The lowest BCUT2D eigenvalue weighted by molar-refractivity contribution is -0.146. The van der Waals surface area contributed by atoms with Crippen molar-refractivity contribution in [2.24, 2.45) is 0 Å². The Morgan fingerprint density at radius 2 is 2.03 bits per heavy atom. The summed E-state index contributed by atoms with van der Waals surface area (Å²) in [5.41, 5.74) is -0.257. The summed E-state index contributed by atoms with van der Waals surface area (Å²) in [5, 5.41) is 23.7. The number of tetrazole rings is 1. The molecule has 0 spiro atoms. The Kier molecular flexibility index (Phi) is 8.19. The van der Waals surface area contributed by atoms with Gasteiger partial charge in [0.15, 0.2) is 5.82 Å². The Morgan fingerprint density at radius 3 is 2.77 bits per heavy atom. The molecule has 0 radical (unpaired) electrons. The number of halogens is 2. The van der Waals surface area contributed by atoms with Gasteiger partial charge in [-0.3, -0.25) is 4.79 Å². The van der Waals surface area contributed by atoms with Crippen molar-refractivity contribution in [3.05, 3.63) is 53.9 Å². The Bertz CT molecular complexity index is 833. The zero-order valence-electron chi connectivity index (χ0n) is 17.2. The summed E-state index contributed by atoms with van der Waals surface area (Å²) < 4.78 is 34.2. The lowest BCUT2D eigenvalue weighted by Gasteiger charge is -2.31. The lowest BCUT2D eigenvalue weighted by Crippen LogP contribution is -2.46. The molecule has 1 aromatic heterocycles. The quantitative estimate of drug-likeness (QED) is 0.414. The van der Waals surface area contributed by atoms with Gasteiger partial charge in [0.1, 0.15) is 12.7 Å². The van der Waals surface area contributed by atoms with Crippen LogP contribution in [-0.4, -0.2) is 68.4 Å². The van der Waals surface area contributed by atoms with E-state index in [1.54, 1.807) is 11.0 Å². The van der Waals surface area contributed by atoms with Crippen molar-refractivity contribution >= 4 is 5.91 Å². The van der Waals surface area contributed by atoms with E-state index < -0.39 is 18.1 Å². The van der Waals surface area contributed by atoms with Crippen LogP contribution in [-0.2, 0) is 21.9 Å². The third-order valence-electron chi connectivity index (χ3n) is 5.18. The molecule has 1 unspecified atom stereocenters. The van der Waals surface area contributed by atoms with Gasteiger partial charge in [0.05, 0.1) is 12.6 Å². The largest absolute Gasteiger partial charge is 0.382 e. The van der Waals surface area contributed by atoms with Gasteiger partial charge in [0.25, 0.3) is 0 Å². The number of benzene rings is 1. The average molecular weight is 435 g/mol. The van der Waals surface area contributed by atoms with Crippen LogP contribution in [0.2, 0.25) is 0 Å². The maximum absolute atomic E-state index is 14.4. The standard InChI is InChI=1S/C21H27F2N5O3/c22-21(23,16-8-4-3-5-9-16)18(29)12-11-17-14-28(20(30)15-31-17)13-7-2-1-6-10-19-24-26-27-25-19/h3-5,8-9,11-12,17-18,29H,1-2,6-7,10,13-15H2,(H,24,25,26,27)/t17?,18-/m1/s1. The number of alkyl halides is 2. The summed E-state index contributed by atoms with van der Waals surface area (Å²) in [4.78, 5) is 13.8. The smallest absolute Gasteiger partial charge is 0.302 e. The topological polar surface area (TPSA) is 104 Å². The van der Waals surface area contributed by atoms with E-state index >= 15 is 0 Å². The van der Waals surface area contributed by atoms with Crippen molar-refractivity contribution in [3.63, 3.8) is 0 Å². The fourth-order valence-electron chi connectivity index (χ4n) is 3.38. The predicted octanol–water partition coefficient (Wildman–Crippen LogP) is 2.24. The summed E-state index contributed by atoms with van der Waals surface area (Å²) in [6, 6.07) is 7.18. The molecule has 8 nitrogen and oxygen atoms in total. The van der Waals surface area contributed by atoms with Gasteiger partial charge in [-0.15, -0.1) is 10.2 Å². The number of hydrogen-bond acceptors (Lipinski definition) is 6. The number of carbonyl (C=O) groups is 1. The maximum atomic E-state index is 14.4. The Labute approximate surface area is 179 Å². The van der Waals surface area contributed by atoms with E-state index in [0.717, 1.165) is 38.2 Å². The molecule has 0 saturated carbocycles. The van der Waals surface area contributed by atoms with Crippen LogP contribution < -0.4 is 0 Å². The first-order valence-corrected chi connectivity index (χ1v) is 10.4. The summed E-state index contributed by atoms with van der Waals surface area (Å²) >= 11 is 0. The minimum absolute atomic E-state index is 0.0992. The molecule has 1 saturated heterocycles. The fraction of sp³-hybridized carbons (Fsp3) is 0.524. The first-order chi connectivity index (χ1) is 15.0. The SMILES string of the molecule is O=C1COC(C=C[C@@H](O)C(F)(F)c2ccccc2)CN1CCCCCCc1nn[nH]n1. The number of nitrogens with zero attached hydrogens (tertiary/aromatic N) is 4. The molecule has 1 aliphatic heterocycles. The second-order valence-electron chi connectivity index (χ2n) is 7.50. The third-order valence-corrected chi connectivity index (χ3v) is 5.18. The molecule has 1 aliphatic rings. The molecule has 1 aromatic carbocycles. The van der Waals surface area contributed by atoms with Crippen molar-refractivity contribution in [1.82, 2.24) is 25.5 Å². The number of H-pyrrole nitrogens is 1. The highest BCUT2D eigenvalue weighted by molar-refractivity contribution is 5.78. The molecule has 2 atom stereocenters. The number of aliphatic hydroxyl groups is 1. The maximum Gasteiger partial charge on any atom is 0.302 e. The van der Waals surface area contributed by atoms with Crippen LogP contribution >= 0.6 is 0 Å². The number of unbranched alkanes of at least 4 members (excludes halogenated alkanes) is 3. The van der Waals surface area contributed by atoms with Gasteiger partial charge < -0.3 is 14.7 Å². The second kappa shape index (κ2) is 11.1. The molecule has 2 N–H and O–H groups in total. The number of hydrogen-bond donors (Lipinski definition) is 2. The number of aromatic amines is 1. The van der Waals surface area contributed by atoms with Gasteiger partial charge in [-0.1, -0.05) is 60.5 Å². The molecule has 1 amide bonds. The molecule has 168 valence electrons. The third kappa shape index (κ3) is 6.63. The Hall–Kier alpha value is -2.72. The number of aliphatic hydroxyl groups excluding tert-OH is 1. The van der Waals surface area contributed by atoms with Crippen LogP contribution in [0.25, 0.3) is 0 Å². The number of amides is 1. The monoisotopic (exact) mass is 435 g/mol. The van der Waals surface area contributed by atoms with Crippen LogP contribution in [0.4, 0.5) is 8.78 Å². The molecular weight excluding hydrogens is 408 g/mol. The molecule has 10 heteroatoms. The molecule has 31 heavy (non-hydrogen) atoms. The summed E-state index contributed by atoms with van der Waals surface area (Å²) in [6.07, 6.45) is 4.41. The molecular formula is C21H27F2N5O3. The highest BCUT2D eigenvalue weighted by atomic mass is 19.3. The van der Waals surface area contributed by atoms with Crippen molar-refractivity contribution in [3.8, 4) is 0 Å². The molecule has 1 fully saturated rings. The van der Waals surface area contributed by atoms with Gasteiger partial charge in [-0.2, -0.15) is 14.0 Å². The zero-order valence-corrected chi connectivity index (χ0v) is 17.2. The normalized spacial score (nSPS) is 18.6. The summed E-state index contributed by atoms with van der Waals surface area (Å²) in [6.45, 7) is 0.761. The van der Waals surface area contributed by atoms with Crippen LogP contribution in [0.3, 0.4) is 0 Å². The lowest BCUT2D eigenvalue weighted by atomic mass is 10.0. The molecule has 3 rings (SSSR count). The van der Waals surface area contributed by atoms with Gasteiger partial charge in [0.2, 0.25) is 5.91 Å². The first kappa shape index (κ1) is 23.0. The second-order valence-corrected chi connectivity index (χ2v) is 7.50. The highest BCUT2D eigenvalue weighted by Gasteiger charge is 2.39. The van der Waals surface area contributed by atoms with Gasteiger partial charge >= 0.3 is 5.92 Å². The Morgan fingerprint density at radius 1 is 1.26 bits per heavy atom. The van der Waals surface area contributed by atoms with E-state index in [0.29, 0.717) is 12.4 Å². The number of aromatic nitrogens is 4. The van der Waals surface area contributed by atoms with E-state index in [2.05, 4.69) is 20.6 Å². The van der Waals surface area contributed by atoms with Crippen molar-refractivity contribution < 1.29 is 23.4 Å². The number of ether oxygens (including phenoxy) is 1.